The lowest BCUT2D eigenvalue weighted by molar-refractivity contribution is 0.723. The number of thiophene rings is 1. The Kier molecular flexibility index (Phi) is 8.00. The van der Waals surface area contributed by atoms with Gasteiger partial charge in [0.05, 0.1) is 28.0 Å². The largest absolute Gasteiger partial charge is 0.247 e. The van der Waals surface area contributed by atoms with E-state index >= 15 is 0 Å². The first-order valence-corrected chi connectivity index (χ1v) is 23.6. The van der Waals surface area contributed by atoms with Gasteiger partial charge in [-0.25, -0.2) is 15.0 Å². The van der Waals surface area contributed by atoms with Crippen molar-refractivity contribution >= 4 is 64.9 Å². The third-order valence-electron chi connectivity index (χ3n) is 13.6. The standard InChI is InChI=1S/C60H35N3S2/c1-2-15-38(16-3-1)59-62-50(35-51(63-59)43-21-14-20-40-39-17-6-11-26-52(39)65-58(40)43)36-29-31-37(32-30-36)57-44-33-34-48-56(55(44)42-19-5-10-25-49(42)61-57)41-18-4-7-22-45(41)60(48)46-23-8-12-27-53(46)64-54-28-13-9-24-47(54)60/h1-35H. The van der Waals surface area contributed by atoms with Crippen molar-refractivity contribution in [1.82, 2.24) is 15.0 Å². The molecule has 0 atom stereocenters. The maximum atomic E-state index is 5.46. The number of pyridine rings is 1. The first-order chi connectivity index (χ1) is 32.2. The van der Waals surface area contributed by atoms with Gasteiger partial charge in [0.1, 0.15) is 0 Å². The molecule has 65 heavy (non-hydrogen) atoms. The van der Waals surface area contributed by atoms with Crippen molar-refractivity contribution in [3.05, 3.63) is 235 Å². The second-order valence-corrected chi connectivity index (χ2v) is 19.1. The third kappa shape index (κ3) is 5.34. The molecule has 0 unspecified atom stereocenters. The van der Waals surface area contributed by atoms with Gasteiger partial charge in [-0.15, -0.1) is 11.3 Å². The molecule has 302 valence electrons. The van der Waals surface area contributed by atoms with Gasteiger partial charge in [0.2, 0.25) is 0 Å². The van der Waals surface area contributed by atoms with Crippen LogP contribution in [0.2, 0.25) is 0 Å². The summed E-state index contributed by atoms with van der Waals surface area (Å²) >= 11 is 3.70. The SMILES string of the molecule is c1ccc(-c2nc(-c3ccc(-c4nc5ccccc5c5c6c(ccc45)C4(c5ccccc5Sc5ccccc54)c4ccccc4-6)cc3)cc(-c3cccc4c3sc3ccccc34)n2)cc1. The maximum Gasteiger partial charge on any atom is 0.160 e. The summed E-state index contributed by atoms with van der Waals surface area (Å²) in [7, 11) is 0. The van der Waals surface area contributed by atoms with E-state index in [1.807, 2.05) is 41.3 Å². The molecule has 14 rings (SSSR count). The molecule has 0 saturated carbocycles. The summed E-state index contributed by atoms with van der Waals surface area (Å²) in [5.41, 5.74) is 15.4. The van der Waals surface area contributed by atoms with Gasteiger partial charge in [0, 0.05) is 68.4 Å². The Morgan fingerprint density at radius 3 is 1.83 bits per heavy atom. The molecule has 0 radical (unpaired) electrons. The number of para-hydroxylation sites is 1. The highest BCUT2D eigenvalue weighted by Crippen LogP contribution is 2.63. The van der Waals surface area contributed by atoms with Crippen LogP contribution in [0.25, 0.3) is 98.1 Å². The van der Waals surface area contributed by atoms with Crippen LogP contribution in [0.5, 0.6) is 0 Å². The van der Waals surface area contributed by atoms with Gasteiger partial charge in [0.25, 0.3) is 0 Å². The smallest absolute Gasteiger partial charge is 0.160 e. The van der Waals surface area contributed by atoms with Crippen LogP contribution >= 0.6 is 23.1 Å². The van der Waals surface area contributed by atoms with Crippen LogP contribution < -0.4 is 0 Å². The highest BCUT2D eigenvalue weighted by molar-refractivity contribution is 7.99. The van der Waals surface area contributed by atoms with Gasteiger partial charge in [0.15, 0.2) is 5.82 Å². The Morgan fingerprint density at radius 1 is 0.385 bits per heavy atom. The Bertz CT molecular complexity index is 3880. The van der Waals surface area contributed by atoms with Gasteiger partial charge in [-0.3, -0.25) is 0 Å². The number of nitrogens with zero attached hydrogens (tertiary/aromatic N) is 3. The van der Waals surface area contributed by atoms with E-state index in [1.54, 1.807) is 0 Å². The highest BCUT2D eigenvalue weighted by atomic mass is 32.2. The molecule has 3 nitrogen and oxygen atoms in total. The Hall–Kier alpha value is -7.70. The lowest BCUT2D eigenvalue weighted by atomic mass is 9.67. The first kappa shape index (κ1) is 36.8. The maximum absolute atomic E-state index is 5.46. The summed E-state index contributed by atoms with van der Waals surface area (Å²) in [6.07, 6.45) is 0. The van der Waals surface area contributed by atoms with Gasteiger partial charge >= 0.3 is 0 Å². The average molecular weight is 862 g/mol. The predicted molar refractivity (Wildman–Crippen MR) is 271 cm³/mol. The zero-order valence-corrected chi connectivity index (χ0v) is 36.5. The van der Waals surface area contributed by atoms with E-state index in [0.29, 0.717) is 5.82 Å². The summed E-state index contributed by atoms with van der Waals surface area (Å²) < 4.78 is 2.51. The minimum atomic E-state index is -0.456. The molecule has 1 aliphatic carbocycles. The summed E-state index contributed by atoms with van der Waals surface area (Å²) in [6, 6.07) is 77.0. The van der Waals surface area contributed by atoms with E-state index in [9.17, 15) is 0 Å². The highest BCUT2D eigenvalue weighted by Gasteiger charge is 2.50. The first-order valence-electron chi connectivity index (χ1n) is 22.0. The number of rotatable bonds is 4. The summed E-state index contributed by atoms with van der Waals surface area (Å²) in [4.78, 5) is 18.5. The van der Waals surface area contributed by atoms with Crippen LogP contribution in [0.4, 0.5) is 0 Å². The van der Waals surface area contributed by atoms with Crippen molar-refractivity contribution in [2.24, 2.45) is 0 Å². The van der Waals surface area contributed by atoms with Crippen LogP contribution in [-0.4, -0.2) is 15.0 Å². The van der Waals surface area contributed by atoms with Crippen molar-refractivity contribution in [2.75, 3.05) is 0 Å². The second-order valence-electron chi connectivity index (χ2n) is 17.0. The third-order valence-corrected chi connectivity index (χ3v) is 15.9. The van der Waals surface area contributed by atoms with Crippen LogP contribution in [-0.2, 0) is 5.41 Å². The van der Waals surface area contributed by atoms with E-state index in [1.165, 1.54) is 68.7 Å². The molecular formula is C60H35N3S2. The Morgan fingerprint density at radius 2 is 1.02 bits per heavy atom. The van der Waals surface area contributed by atoms with Gasteiger partial charge in [-0.1, -0.05) is 194 Å². The molecule has 3 aromatic heterocycles. The molecule has 9 aromatic carbocycles. The molecule has 0 fully saturated rings. The molecule has 0 saturated heterocycles. The number of fused-ring (bicyclic) bond motifs is 16. The van der Waals surface area contributed by atoms with Crippen LogP contribution in [0, 0.1) is 0 Å². The van der Waals surface area contributed by atoms with E-state index < -0.39 is 5.41 Å². The zero-order valence-electron chi connectivity index (χ0n) is 34.9. The van der Waals surface area contributed by atoms with Crippen molar-refractivity contribution in [3.63, 3.8) is 0 Å². The fourth-order valence-electron chi connectivity index (χ4n) is 10.8. The lowest BCUT2D eigenvalue weighted by Gasteiger charge is -2.39. The van der Waals surface area contributed by atoms with E-state index in [2.05, 4.69) is 194 Å². The average Bonchev–Trinajstić information content (AvgIpc) is 3.90. The van der Waals surface area contributed by atoms with Crippen molar-refractivity contribution in [1.29, 1.82) is 0 Å². The molecule has 0 amide bonds. The molecular weight excluding hydrogens is 827 g/mol. The summed E-state index contributed by atoms with van der Waals surface area (Å²) in [5, 5.41) is 6.07. The number of benzene rings is 9. The van der Waals surface area contributed by atoms with Crippen molar-refractivity contribution in [3.8, 4) is 56.3 Å². The second kappa shape index (κ2) is 14.2. The van der Waals surface area contributed by atoms with Crippen LogP contribution in [0.1, 0.15) is 22.3 Å². The molecule has 4 heterocycles. The normalized spacial score (nSPS) is 13.3. The van der Waals surface area contributed by atoms with E-state index in [-0.39, 0.29) is 0 Å². The number of hydrogen-bond acceptors (Lipinski definition) is 5. The van der Waals surface area contributed by atoms with Crippen molar-refractivity contribution in [2.45, 2.75) is 15.2 Å². The minimum Gasteiger partial charge on any atom is -0.247 e. The summed E-state index contributed by atoms with van der Waals surface area (Å²) in [6.45, 7) is 0. The zero-order chi connectivity index (χ0) is 42.6. The summed E-state index contributed by atoms with van der Waals surface area (Å²) in [5.74, 6) is 0.705. The van der Waals surface area contributed by atoms with E-state index in [0.717, 1.165) is 55.6 Å². The van der Waals surface area contributed by atoms with Crippen molar-refractivity contribution < 1.29 is 0 Å². The molecule has 0 N–H and O–H groups in total. The van der Waals surface area contributed by atoms with Gasteiger partial charge in [-0.05, 0) is 63.7 Å². The van der Waals surface area contributed by atoms with Gasteiger partial charge < -0.3 is 0 Å². The Labute approximate surface area is 383 Å². The predicted octanol–water partition coefficient (Wildman–Crippen LogP) is 16.0. The quantitative estimate of drug-likeness (QED) is 0.165. The van der Waals surface area contributed by atoms with Crippen LogP contribution in [0.15, 0.2) is 222 Å². The Balaban J connectivity index is 0.963. The lowest BCUT2D eigenvalue weighted by Crippen LogP contribution is -2.31. The van der Waals surface area contributed by atoms with E-state index in [4.69, 9.17) is 15.0 Å². The monoisotopic (exact) mass is 861 g/mol. The topological polar surface area (TPSA) is 38.7 Å². The molecule has 0 bridgehead atoms. The fraction of sp³-hybridized carbons (Fsp3) is 0.0167. The molecule has 2 aliphatic rings. The molecule has 12 aromatic rings. The minimum absolute atomic E-state index is 0.456. The molecule has 5 heteroatoms. The number of hydrogen-bond donors (Lipinski definition) is 0. The van der Waals surface area contributed by atoms with Crippen LogP contribution in [0.3, 0.4) is 0 Å². The molecule has 1 aliphatic heterocycles. The number of aromatic nitrogens is 3. The molecule has 1 spiro atoms. The fourth-order valence-corrected chi connectivity index (χ4v) is 13.2. The van der Waals surface area contributed by atoms with Gasteiger partial charge in [-0.2, -0.15) is 0 Å².